The average Bonchev–Trinajstić information content (AvgIpc) is 2.71. The van der Waals surface area contributed by atoms with Crippen LogP contribution in [0, 0.1) is 5.82 Å². The minimum absolute atomic E-state index is 0.228. The molecule has 1 N–H and O–H groups in total. The molecule has 0 aliphatic heterocycles. The lowest BCUT2D eigenvalue weighted by Crippen LogP contribution is -2.15. The van der Waals surface area contributed by atoms with Gasteiger partial charge in [0.15, 0.2) is 0 Å². The Morgan fingerprint density at radius 1 is 0.786 bits per heavy atom. The smallest absolute Gasteiger partial charge is 0.127 e. The van der Waals surface area contributed by atoms with E-state index in [9.17, 15) is 4.39 Å². The summed E-state index contributed by atoms with van der Waals surface area (Å²) >= 11 is 0. The molecule has 0 radical (unpaired) electrons. The van der Waals surface area contributed by atoms with E-state index >= 15 is 0 Å². The third-order valence-corrected chi connectivity index (χ3v) is 3.99. The normalized spacial score (nSPS) is 10.8. The molecule has 0 aliphatic carbocycles. The van der Waals surface area contributed by atoms with Gasteiger partial charge in [0.25, 0.3) is 0 Å². The van der Waals surface area contributed by atoms with Crippen LogP contribution in [-0.4, -0.2) is 39.6 Å². The molecule has 0 unspecified atom stereocenters. The van der Waals surface area contributed by atoms with Crippen molar-refractivity contribution < 1.29 is 23.3 Å². The van der Waals surface area contributed by atoms with E-state index in [4.69, 9.17) is 18.9 Å². The summed E-state index contributed by atoms with van der Waals surface area (Å²) in [4.78, 5) is 0. The van der Waals surface area contributed by atoms with Crippen LogP contribution in [0.1, 0.15) is 25.0 Å². The fraction of sp³-hybridized carbons (Fsp3) is 0.455. The SMILES string of the molecule is CCOCCOc1ccc(CNCc2ccc(F)cc2)c(OCCOCC)c1. The minimum atomic E-state index is -0.228. The highest BCUT2D eigenvalue weighted by Crippen LogP contribution is 2.25. The van der Waals surface area contributed by atoms with Crippen molar-refractivity contribution in [2.45, 2.75) is 26.9 Å². The van der Waals surface area contributed by atoms with Crippen molar-refractivity contribution >= 4 is 0 Å². The van der Waals surface area contributed by atoms with Gasteiger partial charge >= 0.3 is 0 Å². The molecule has 2 aromatic rings. The Kier molecular flexibility index (Phi) is 10.4. The predicted molar refractivity (Wildman–Crippen MR) is 107 cm³/mol. The van der Waals surface area contributed by atoms with Gasteiger partial charge in [-0.1, -0.05) is 18.2 Å². The lowest BCUT2D eigenvalue weighted by Gasteiger charge is -2.15. The van der Waals surface area contributed by atoms with Crippen LogP contribution in [0.3, 0.4) is 0 Å². The van der Waals surface area contributed by atoms with E-state index in [2.05, 4.69) is 5.32 Å². The van der Waals surface area contributed by atoms with Crippen molar-refractivity contribution in [3.05, 3.63) is 59.4 Å². The van der Waals surface area contributed by atoms with Gasteiger partial charge in [-0.05, 0) is 37.6 Å². The summed E-state index contributed by atoms with van der Waals surface area (Å²) in [5.41, 5.74) is 2.05. The molecule has 0 saturated carbocycles. The van der Waals surface area contributed by atoms with Crippen molar-refractivity contribution in [1.82, 2.24) is 5.32 Å². The highest BCUT2D eigenvalue weighted by molar-refractivity contribution is 5.40. The van der Waals surface area contributed by atoms with E-state index in [0.717, 1.165) is 22.6 Å². The van der Waals surface area contributed by atoms with Gasteiger partial charge in [0.1, 0.15) is 30.5 Å². The Morgan fingerprint density at radius 3 is 2.14 bits per heavy atom. The first kappa shape index (κ1) is 22.1. The fourth-order valence-electron chi connectivity index (χ4n) is 2.57. The van der Waals surface area contributed by atoms with E-state index in [1.165, 1.54) is 12.1 Å². The molecule has 0 spiro atoms. The second kappa shape index (κ2) is 13.1. The van der Waals surface area contributed by atoms with Gasteiger partial charge in [0.2, 0.25) is 0 Å². The lowest BCUT2D eigenvalue weighted by molar-refractivity contribution is 0.107. The number of benzene rings is 2. The van der Waals surface area contributed by atoms with Gasteiger partial charge in [-0.25, -0.2) is 4.39 Å². The molecule has 0 fully saturated rings. The molecule has 0 heterocycles. The van der Waals surface area contributed by atoms with Gasteiger partial charge < -0.3 is 24.3 Å². The first-order valence-corrected chi connectivity index (χ1v) is 9.72. The van der Waals surface area contributed by atoms with E-state index in [1.54, 1.807) is 12.1 Å². The van der Waals surface area contributed by atoms with Gasteiger partial charge in [-0.2, -0.15) is 0 Å². The lowest BCUT2D eigenvalue weighted by atomic mass is 10.1. The zero-order valence-electron chi connectivity index (χ0n) is 16.7. The minimum Gasteiger partial charge on any atom is -0.491 e. The number of nitrogens with one attached hydrogen (secondary N) is 1. The van der Waals surface area contributed by atoms with E-state index < -0.39 is 0 Å². The Balaban J connectivity index is 1.93. The number of rotatable bonds is 14. The summed E-state index contributed by atoms with van der Waals surface area (Å²) in [7, 11) is 0. The zero-order valence-corrected chi connectivity index (χ0v) is 16.7. The van der Waals surface area contributed by atoms with Gasteiger partial charge in [0, 0.05) is 37.9 Å². The molecule has 0 saturated heterocycles. The summed E-state index contributed by atoms with van der Waals surface area (Å²) < 4.78 is 35.3. The monoisotopic (exact) mass is 391 g/mol. The Bertz CT molecular complexity index is 679. The summed E-state index contributed by atoms with van der Waals surface area (Å²) in [6, 6.07) is 12.3. The van der Waals surface area contributed by atoms with Crippen LogP contribution in [0.15, 0.2) is 42.5 Å². The maximum atomic E-state index is 13.0. The standard InChI is InChI=1S/C22H30FNO4/c1-3-25-11-13-27-21-10-7-19(22(15-21)28-14-12-26-4-2)17-24-16-18-5-8-20(23)9-6-18/h5-10,15,24H,3-4,11-14,16-17H2,1-2H3. The molecule has 0 atom stereocenters. The van der Waals surface area contributed by atoms with Crippen LogP contribution < -0.4 is 14.8 Å². The summed E-state index contributed by atoms with van der Waals surface area (Å²) in [5.74, 6) is 1.28. The maximum absolute atomic E-state index is 13.0. The molecule has 6 heteroatoms. The van der Waals surface area contributed by atoms with Gasteiger partial charge in [-0.3, -0.25) is 0 Å². The first-order valence-electron chi connectivity index (χ1n) is 9.72. The molecule has 0 aliphatic rings. The molecule has 2 rings (SSSR count). The first-order chi connectivity index (χ1) is 13.7. The Hall–Kier alpha value is -2.15. The molecule has 0 aromatic heterocycles. The van der Waals surface area contributed by atoms with Gasteiger partial charge in [0.05, 0.1) is 13.2 Å². The van der Waals surface area contributed by atoms with Crippen molar-refractivity contribution in [2.75, 3.05) is 39.6 Å². The molecule has 154 valence electrons. The maximum Gasteiger partial charge on any atom is 0.127 e. The quantitative estimate of drug-likeness (QED) is 0.494. The van der Waals surface area contributed by atoms with Crippen LogP contribution in [0.2, 0.25) is 0 Å². The van der Waals surface area contributed by atoms with Crippen LogP contribution in [0.4, 0.5) is 4.39 Å². The highest BCUT2D eigenvalue weighted by atomic mass is 19.1. The number of hydrogen-bond donors (Lipinski definition) is 1. The topological polar surface area (TPSA) is 49.0 Å². The number of ether oxygens (including phenoxy) is 4. The molecular formula is C22H30FNO4. The molecule has 28 heavy (non-hydrogen) atoms. The Labute approximate surface area is 166 Å². The summed E-state index contributed by atoms with van der Waals surface area (Å²) in [6.07, 6.45) is 0. The van der Waals surface area contributed by atoms with E-state index in [0.29, 0.717) is 52.7 Å². The summed E-state index contributed by atoms with van der Waals surface area (Å²) in [5, 5.41) is 3.36. The fourth-order valence-corrected chi connectivity index (χ4v) is 2.57. The van der Waals surface area contributed by atoms with E-state index in [-0.39, 0.29) is 5.82 Å². The number of hydrogen-bond acceptors (Lipinski definition) is 5. The molecule has 0 amide bonds. The average molecular weight is 391 g/mol. The predicted octanol–water partition coefficient (Wildman–Crippen LogP) is 3.95. The highest BCUT2D eigenvalue weighted by Gasteiger charge is 2.07. The largest absolute Gasteiger partial charge is 0.491 e. The van der Waals surface area contributed by atoms with Crippen molar-refractivity contribution in [2.24, 2.45) is 0 Å². The van der Waals surface area contributed by atoms with Crippen LogP contribution in [0.5, 0.6) is 11.5 Å². The Morgan fingerprint density at radius 2 is 1.46 bits per heavy atom. The van der Waals surface area contributed by atoms with Crippen molar-refractivity contribution in [1.29, 1.82) is 0 Å². The number of halogens is 1. The molecule has 2 aromatic carbocycles. The van der Waals surface area contributed by atoms with E-state index in [1.807, 2.05) is 32.0 Å². The van der Waals surface area contributed by atoms with Crippen LogP contribution >= 0.6 is 0 Å². The second-order valence-corrected chi connectivity index (χ2v) is 6.09. The third-order valence-electron chi connectivity index (χ3n) is 3.99. The van der Waals surface area contributed by atoms with Gasteiger partial charge in [-0.15, -0.1) is 0 Å². The second-order valence-electron chi connectivity index (χ2n) is 6.09. The molecule has 0 bridgehead atoms. The van der Waals surface area contributed by atoms with Crippen LogP contribution in [0.25, 0.3) is 0 Å². The summed E-state index contributed by atoms with van der Waals surface area (Å²) in [6.45, 7) is 8.58. The van der Waals surface area contributed by atoms with Crippen LogP contribution in [-0.2, 0) is 22.6 Å². The van der Waals surface area contributed by atoms with Crippen molar-refractivity contribution in [3.8, 4) is 11.5 Å². The molecular weight excluding hydrogens is 361 g/mol. The molecule has 5 nitrogen and oxygen atoms in total. The van der Waals surface area contributed by atoms with Crippen molar-refractivity contribution in [3.63, 3.8) is 0 Å². The zero-order chi connectivity index (χ0) is 20.0. The third kappa shape index (κ3) is 8.25.